The van der Waals surface area contributed by atoms with Gasteiger partial charge < -0.3 is 19.6 Å². The van der Waals surface area contributed by atoms with Crippen LogP contribution in [-0.2, 0) is 6.54 Å². The number of rotatable bonds is 4. The molecular formula is C18H25N5O2. The van der Waals surface area contributed by atoms with Crippen LogP contribution in [0.2, 0.25) is 0 Å². The van der Waals surface area contributed by atoms with Gasteiger partial charge in [0.25, 0.3) is 5.95 Å². The highest BCUT2D eigenvalue weighted by atomic mass is 16.5. The highest BCUT2D eigenvalue weighted by Gasteiger charge is 2.33. The molecule has 134 valence electrons. The summed E-state index contributed by atoms with van der Waals surface area (Å²) < 4.78 is 5.13. The molecule has 1 aliphatic rings. The summed E-state index contributed by atoms with van der Waals surface area (Å²) in [6, 6.07) is 8.68. The number of anilines is 1. The fourth-order valence-electron chi connectivity index (χ4n) is 3.15. The van der Waals surface area contributed by atoms with Crippen LogP contribution < -0.4 is 10.2 Å². The summed E-state index contributed by atoms with van der Waals surface area (Å²) in [5.74, 6) is 1.28. The molecule has 3 rings (SSSR count). The van der Waals surface area contributed by atoms with Crippen molar-refractivity contribution in [2.24, 2.45) is 0 Å². The van der Waals surface area contributed by atoms with Gasteiger partial charge in [-0.3, -0.25) is 0 Å². The van der Waals surface area contributed by atoms with E-state index >= 15 is 0 Å². The van der Waals surface area contributed by atoms with E-state index in [4.69, 9.17) is 4.52 Å². The van der Waals surface area contributed by atoms with Gasteiger partial charge >= 0.3 is 6.03 Å². The Bertz CT molecular complexity index is 725. The van der Waals surface area contributed by atoms with Gasteiger partial charge in [0.15, 0.2) is 0 Å². The molecule has 1 saturated heterocycles. The maximum atomic E-state index is 12.5. The summed E-state index contributed by atoms with van der Waals surface area (Å²) in [6.07, 6.45) is 0.974. The number of urea groups is 1. The van der Waals surface area contributed by atoms with E-state index in [1.165, 1.54) is 11.1 Å². The number of aromatic nitrogens is 2. The Labute approximate surface area is 148 Å². The molecule has 7 nitrogen and oxygen atoms in total. The Kier molecular flexibility index (Phi) is 4.92. The van der Waals surface area contributed by atoms with Crippen molar-refractivity contribution in [3.63, 3.8) is 0 Å². The topological polar surface area (TPSA) is 74.5 Å². The number of hydrogen-bond acceptors (Lipinski definition) is 5. The van der Waals surface area contributed by atoms with Gasteiger partial charge in [0.05, 0.1) is 6.54 Å². The molecule has 0 spiro atoms. The van der Waals surface area contributed by atoms with Gasteiger partial charge in [0, 0.05) is 32.6 Å². The number of nitrogens with zero attached hydrogens (tertiary/aromatic N) is 4. The molecule has 1 aliphatic heterocycles. The lowest BCUT2D eigenvalue weighted by atomic mass is 9.96. The second-order valence-electron chi connectivity index (χ2n) is 6.89. The number of aryl methyl sites for hydroxylation is 1. The number of carbonyl (C=O) groups is 1. The van der Waals surface area contributed by atoms with E-state index in [1.54, 1.807) is 4.90 Å². The van der Waals surface area contributed by atoms with Gasteiger partial charge in [-0.05, 0) is 31.0 Å². The third-order valence-corrected chi connectivity index (χ3v) is 4.63. The van der Waals surface area contributed by atoms with E-state index in [0.29, 0.717) is 17.8 Å². The molecule has 0 aliphatic carbocycles. The fraction of sp³-hybridized carbons (Fsp3) is 0.500. The van der Waals surface area contributed by atoms with Gasteiger partial charge in [-0.25, -0.2) is 4.79 Å². The lowest BCUT2D eigenvalue weighted by Crippen LogP contribution is -2.41. The number of likely N-dealkylation sites (tertiary alicyclic amines) is 1. The molecule has 1 fully saturated rings. The average molecular weight is 343 g/mol. The molecule has 1 aromatic carbocycles. The summed E-state index contributed by atoms with van der Waals surface area (Å²) in [7, 11) is 3.68. The lowest BCUT2D eigenvalue weighted by Gasteiger charge is -2.21. The molecule has 1 aromatic heterocycles. The standard InChI is InChI=1S/C18H25N5O2/c1-12-5-7-14(8-6-12)15-9-13(2)23(11-15)18(24)19-10-16-20-17(21-25-16)22(3)4/h5-8,13,15H,9-11H2,1-4H3,(H,19,24)/t13-,15+/m1/s1. The largest absolute Gasteiger partial charge is 0.344 e. The van der Waals surface area contributed by atoms with Gasteiger partial charge in [-0.1, -0.05) is 29.8 Å². The summed E-state index contributed by atoms with van der Waals surface area (Å²) in [5.41, 5.74) is 2.54. The van der Waals surface area contributed by atoms with Crippen molar-refractivity contribution >= 4 is 12.0 Å². The zero-order valence-corrected chi connectivity index (χ0v) is 15.2. The van der Waals surface area contributed by atoms with Crippen LogP contribution >= 0.6 is 0 Å². The molecule has 0 saturated carbocycles. The SMILES string of the molecule is Cc1ccc([C@H]2C[C@@H](C)N(C(=O)NCc3nc(N(C)C)no3)C2)cc1. The number of nitrogens with one attached hydrogen (secondary N) is 1. The lowest BCUT2D eigenvalue weighted by molar-refractivity contribution is 0.193. The zero-order chi connectivity index (χ0) is 18.0. The summed E-state index contributed by atoms with van der Waals surface area (Å²) in [6.45, 7) is 5.13. The third-order valence-electron chi connectivity index (χ3n) is 4.63. The maximum absolute atomic E-state index is 12.5. The highest BCUT2D eigenvalue weighted by molar-refractivity contribution is 5.75. The van der Waals surface area contributed by atoms with Crippen molar-refractivity contribution in [2.75, 3.05) is 25.5 Å². The molecular weight excluding hydrogens is 318 g/mol. The van der Waals surface area contributed by atoms with Crippen LogP contribution in [0.1, 0.15) is 36.3 Å². The monoisotopic (exact) mass is 343 g/mol. The van der Waals surface area contributed by atoms with Crippen LogP contribution in [0.4, 0.5) is 10.7 Å². The van der Waals surface area contributed by atoms with Crippen molar-refractivity contribution in [2.45, 2.75) is 38.8 Å². The second kappa shape index (κ2) is 7.13. The number of hydrogen-bond donors (Lipinski definition) is 1. The van der Waals surface area contributed by atoms with E-state index in [9.17, 15) is 4.79 Å². The smallest absolute Gasteiger partial charge is 0.318 e. The van der Waals surface area contributed by atoms with Crippen molar-refractivity contribution in [3.05, 3.63) is 41.3 Å². The van der Waals surface area contributed by atoms with E-state index < -0.39 is 0 Å². The molecule has 1 N–H and O–H groups in total. The zero-order valence-electron chi connectivity index (χ0n) is 15.2. The van der Waals surface area contributed by atoms with Crippen molar-refractivity contribution in [1.82, 2.24) is 20.4 Å². The van der Waals surface area contributed by atoms with Gasteiger partial charge in [0.1, 0.15) is 0 Å². The molecule has 0 bridgehead atoms. The first-order valence-electron chi connectivity index (χ1n) is 8.55. The predicted octanol–water partition coefficient (Wildman–Crippen LogP) is 2.53. The van der Waals surface area contributed by atoms with Crippen molar-refractivity contribution in [3.8, 4) is 0 Å². The van der Waals surface area contributed by atoms with E-state index in [1.807, 2.05) is 19.0 Å². The van der Waals surface area contributed by atoms with Gasteiger partial charge in [-0.2, -0.15) is 4.98 Å². The quantitative estimate of drug-likeness (QED) is 0.923. The minimum atomic E-state index is -0.0910. The molecule has 0 radical (unpaired) electrons. The van der Waals surface area contributed by atoms with Crippen LogP contribution in [0.25, 0.3) is 0 Å². The first-order valence-corrected chi connectivity index (χ1v) is 8.55. The van der Waals surface area contributed by atoms with Crippen LogP contribution in [0.15, 0.2) is 28.8 Å². The molecule has 2 heterocycles. The van der Waals surface area contributed by atoms with Crippen molar-refractivity contribution < 1.29 is 9.32 Å². The molecule has 7 heteroatoms. The van der Waals surface area contributed by atoms with Crippen LogP contribution in [0.3, 0.4) is 0 Å². The Morgan fingerprint density at radius 1 is 1.36 bits per heavy atom. The Balaban J connectivity index is 1.57. The second-order valence-corrected chi connectivity index (χ2v) is 6.89. The molecule has 2 atom stereocenters. The normalized spacial score (nSPS) is 19.9. The summed E-state index contributed by atoms with van der Waals surface area (Å²) >= 11 is 0. The number of benzene rings is 1. The predicted molar refractivity (Wildman–Crippen MR) is 95.6 cm³/mol. The fourth-order valence-corrected chi connectivity index (χ4v) is 3.15. The highest BCUT2D eigenvalue weighted by Crippen LogP contribution is 2.31. The molecule has 0 unspecified atom stereocenters. The minimum Gasteiger partial charge on any atom is -0.344 e. The van der Waals surface area contributed by atoms with Crippen LogP contribution in [0.5, 0.6) is 0 Å². The van der Waals surface area contributed by atoms with Gasteiger partial charge in [-0.15, -0.1) is 0 Å². The molecule has 2 aromatic rings. The Morgan fingerprint density at radius 3 is 2.72 bits per heavy atom. The summed E-state index contributed by atoms with van der Waals surface area (Å²) in [4.78, 5) is 20.4. The van der Waals surface area contributed by atoms with Crippen LogP contribution in [0, 0.1) is 6.92 Å². The Morgan fingerprint density at radius 2 is 2.08 bits per heavy atom. The molecule has 2 amide bonds. The van der Waals surface area contributed by atoms with E-state index in [2.05, 4.69) is 53.6 Å². The van der Waals surface area contributed by atoms with Crippen molar-refractivity contribution in [1.29, 1.82) is 0 Å². The first-order chi connectivity index (χ1) is 11.9. The van der Waals surface area contributed by atoms with E-state index in [0.717, 1.165) is 13.0 Å². The average Bonchev–Trinajstić information content (AvgIpc) is 3.20. The third kappa shape index (κ3) is 3.92. The Hall–Kier alpha value is -2.57. The minimum absolute atomic E-state index is 0.0910. The summed E-state index contributed by atoms with van der Waals surface area (Å²) in [5, 5.41) is 6.72. The van der Waals surface area contributed by atoms with E-state index in [-0.39, 0.29) is 18.6 Å². The van der Waals surface area contributed by atoms with Crippen LogP contribution in [-0.4, -0.2) is 47.8 Å². The first kappa shape index (κ1) is 17.3. The molecule has 25 heavy (non-hydrogen) atoms. The number of amides is 2. The number of carbonyl (C=O) groups excluding carboxylic acids is 1. The maximum Gasteiger partial charge on any atom is 0.318 e. The van der Waals surface area contributed by atoms with Gasteiger partial charge in [0.2, 0.25) is 5.89 Å².